The fraction of sp³-hybridized carbons (Fsp3) is 0.833. The van der Waals surface area contributed by atoms with E-state index in [4.69, 9.17) is 0 Å². The van der Waals surface area contributed by atoms with Gasteiger partial charge >= 0.3 is 0 Å². The lowest BCUT2D eigenvalue weighted by atomic mass is 9.82. The molecule has 7 heteroatoms. The predicted octanol–water partition coefficient (Wildman–Crippen LogP) is 1.26. The molecule has 0 radical (unpaired) electrons. The van der Waals surface area contributed by atoms with E-state index in [0.29, 0.717) is 30.9 Å². The molecule has 1 amide bonds. The van der Waals surface area contributed by atoms with Crippen LogP contribution in [0.15, 0.2) is 0 Å². The summed E-state index contributed by atoms with van der Waals surface area (Å²) in [4.78, 5) is 14.0. The van der Waals surface area contributed by atoms with Gasteiger partial charge < -0.3 is 4.90 Å². The molecule has 0 saturated carbocycles. The van der Waals surface area contributed by atoms with Gasteiger partial charge in [0.15, 0.2) is 9.84 Å². The van der Waals surface area contributed by atoms with E-state index in [0.717, 1.165) is 6.26 Å². The summed E-state index contributed by atoms with van der Waals surface area (Å²) in [6.45, 7) is 3.97. The number of nitrogens with zero attached hydrogens (tertiary/aromatic N) is 2. The number of amides is 1. The lowest BCUT2D eigenvalue weighted by Crippen LogP contribution is -2.54. The van der Waals surface area contributed by atoms with Gasteiger partial charge in [0.05, 0.1) is 6.07 Å². The third-order valence-corrected chi connectivity index (χ3v) is 6.31. The van der Waals surface area contributed by atoms with Gasteiger partial charge in [0.1, 0.15) is 10.8 Å². The molecule has 1 heterocycles. The van der Waals surface area contributed by atoms with Gasteiger partial charge in [-0.1, -0.05) is 13.8 Å². The lowest BCUT2D eigenvalue weighted by Gasteiger charge is -2.38. The summed E-state index contributed by atoms with van der Waals surface area (Å²) in [7, 11) is -3.33. The number of rotatable bonds is 4. The molecular weight excluding hydrogens is 284 g/mol. The minimum Gasteiger partial charge on any atom is -0.323 e. The van der Waals surface area contributed by atoms with Gasteiger partial charge in [-0.3, -0.25) is 4.79 Å². The minimum atomic E-state index is -3.33. The van der Waals surface area contributed by atoms with Crippen molar-refractivity contribution in [1.82, 2.24) is 4.90 Å². The summed E-state index contributed by atoms with van der Waals surface area (Å²) in [5.41, 5.74) is -1.09. The quantitative estimate of drug-likeness (QED) is 0.781. The van der Waals surface area contributed by atoms with Crippen LogP contribution in [-0.2, 0) is 14.6 Å². The maximum atomic E-state index is 12.6. The molecule has 19 heavy (non-hydrogen) atoms. The zero-order valence-corrected chi connectivity index (χ0v) is 13.2. The number of nitriles is 1. The first kappa shape index (κ1) is 16.3. The SMILES string of the molecule is CCC(C#N)(CC)C(=O)N1CCSCC1S(C)(=O)=O. The molecular formula is C12H20N2O3S2. The predicted molar refractivity (Wildman–Crippen MR) is 76.3 cm³/mol. The summed E-state index contributed by atoms with van der Waals surface area (Å²) < 4.78 is 23.6. The molecule has 1 unspecified atom stereocenters. The minimum absolute atomic E-state index is 0.337. The highest BCUT2D eigenvalue weighted by Crippen LogP contribution is 2.32. The fourth-order valence-electron chi connectivity index (χ4n) is 2.20. The summed E-state index contributed by atoms with van der Waals surface area (Å²) in [6.07, 6.45) is 1.95. The molecule has 1 rings (SSSR count). The Balaban J connectivity index is 3.12. The Hall–Kier alpha value is -0.740. The van der Waals surface area contributed by atoms with Gasteiger partial charge in [0.25, 0.3) is 0 Å². The first-order valence-corrected chi connectivity index (χ1v) is 9.42. The number of hydrogen-bond acceptors (Lipinski definition) is 5. The van der Waals surface area contributed by atoms with Crippen molar-refractivity contribution in [2.75, 3.05) is 24.3 Å². The number of carbonyl (C=O) groups excluding carboxylic acids is 1. The molecule has 0 aromatic rings. The number of carbonyl (C=O) groups is 1. The molecule has 0 aromatic carbocycles. The third-order valence-electron chi connectivity index (χ3n) is 3.67. The molecule has 0 aromatic heterocycles. The van der Waals surface area contributed by atoms with Gasteiger partial charge in [-0.05, 0) is 12.8 Å². The van der Waals surface area contributed by atoms with Gasteiger partial charge in [-0.15, -0.1) is 0 Å². The van der Waals surface area contributed by atoms with E-state index in [1.54, 1.807) is 13.8 Å². The van der Waals surface area contributed by atoms with Crippen LogP contribution in [0.2, 0.25) is 0 Å². The number of hydrogen-bond donors (Lipinski definition) is 0. The lowest BCUT2D eigenvalue weighted by molar-refractivity contribution is -0.139. The monoisotopic (exact) mass is 304 g/mol. The van der Waals surface area contributed by atoms with Crippen LogP contribution >= 0.6 is 11.8 Å². The molecule has 1 aliphatic rings. The second-order valence-electron chi connectivity index (χ2n) is 4.76. The molecule has 0 aliphatic carbocycles. The summed E-state index contributed by atoms with van der Waals surface area (Å²) in [6, 6.07) is 2.09. The van der Waals surface area contributed by atoms with Crippen molar-refractivity contribution in [2.45, 2.75) is 32.1 Å². The van der Waals surface area contributed by atoms with Crippen molar-refractivity contribution >= 4 is 27.5 Å². The standard InChI is InChI=1S/C12H20N2O3S2/c1-4-12(5-2,9-13)11(15)14-6-7-18-8-10(14)19(3,16)17/h10H,4-8H2,1-3H3. The van der Waals surface area contributed by atoms with Crippen LogP contribution in [0.3, 0.4) is 0 Å². The van der Waals surface area contributed by atoms with E-state index >= 15 is 0 Å². The summed E-state index contributed by atoms with van der Waals surface area (Å²) >= 11 is 1.53. The third kappa shape index (κ3) is 3.23. The van der Waals surface area contributed by atoms with Crippen molar-refractivity contribution < 1.29 is 13.2 Å². The van der Waals surface area contributed by atoms with Crippen molar-refractivity contribution in [3.8, 4) is 6.07 Å². The summed E-state index contributed by atoms with van der Waals surface area (Å²) in [5.74, 6) is 0.766. The normalized spacial score (nSPS) is 20.9. The summed E-state index contributed by atoms with van der Waals surface area (Å²) in [5, 5.41) is 8.51. The smallest absolute Gasteiger partial charge is 0.244 e. The molecule has 0 spiro atoms. The van der Waals surface area contributed by atoms with Crippen LogP contribution in [-0.4, -0.2) is 48.9 Å². The highest BCUT2D eigenvalue weighted by atomic mass is 32.2. The molecule has 1 atom stereocenters. The maximum absolute atomic E-state index is 12.6. The van der Waals surface area contributed by atoms with Crippen LogP contribution in [0.1, 0.15) is 26.7 Å². The molecule has 0 N–H and O–H groups in total. The fourth-order valence-corrected chi connectivity index (χ4v) is 5.02. The highest BCUT2D eigenvalue weighted by Gasteiger charge is 2.44. The second-order valence-corrected chi connectivity index (χ2v) is 8.11. The second kappa shape index (κ2) is 6.14. The number of thioether (sulfide) groups is 1. The van der Waals surface area contributed by atoms with Gasteiger partial charge in [0, 0.05) is 24.3 Å². The first-order valence-electron chi connectivity index (χ1n) is 6.31. The van der Waals surface area contributed by atoms with Crippen LogP contribution < -0.4 is 0 Å². The Kier molecular flexibility index (Phi) is 5.27. The van der Waals surface area contributed by atoms with Gasteiger partial charge in [-0.25, -0.2) is 8.42 Å². The van der Waals surface area contributed by atoms with Crippen molar-refractivity contribution in [3.05, 3.63) is 0 Å². The van der Waals surface area contributed by atoms with E-state index < -0.39 is 20.6 Å². The van der Waals surface area contributed by atoms with Crippen LogP contribution in [0, 0.1) is 16.7 Å². The maximum Gasteiger partial charge on any atom is 0.244 e. The largest absolute Gasteiger partial charge is 0.323 e. The Morgan fingerprint density at radius 3 is 2.47 bits per heavy atom. The molecule has 1 aliphatic heterocycles. The molecule has 108 valence electrons. The Morgan fingerprint density at radius 1 is 1.47 bits per heavy atom. The van der Waals surface area contributed by atoms with Gasteiger partial charge in [-0.2, -0.15) is 17.0 Å². The average molecular weight is 304 g/mol. The number of sulfone groups is 1. The van der Waals surface area contributed by atoms with Crippen molar-refractivity contribution in [2.24, 2.45) is 5.41 Å². The van der Waals surface area contributed by atoms with E-state index in [2.05, 4.69) is 6.07 Å². The zero-order chi connectivity index (χ0) is 14.7. The Labute approximate surface area is 119 Å². The van der Waals surface area contributed by atoms with E-state index in [1.807, 2.05) is 0 Å². The van der Waals surface area contributed by atoms with E-state index in [9.17, 15) is 18.5 Å². The topological polar surface area (TPSA) is 78.2 Å². The highest BCUT2D eigenvalue weighted by molar-refractivity contribution is 8.00. The van der Waals surface area contributed by atoms with Crippen LogP contribution in [0.5, 0.6) is 0 Å². The molecule has 5 nitrogen and oxygen atoms in total. The molecule has 1 saturated heterocycles. The Bertz CT molecular complexity index is 478. The van der Waals surface area contributed by atoms with Crippen LogP contribution in [0.4, 0.5) is 0 Å². The van der Waals surface area contributed by atoms with E-state index in [1.165, 1.54) is 16.7 Å². The molecule has 1 fully saturated rings. The van der Waals surface area contributed by atoms with Gasteiger partial charge in [0.2, 0.25) is 5.91 Å². The van der Waals surface area contributed by atoms with Crippen LogP contribution in [0.25, 0.3) is 0 Å². The van der Waals surface area contributed by atoms with Crippen molar-refractivity contribution in [3.63, 3.8) is 0 Å². The first-order chi connectivity index (χ1) is 8.82. The van der Waals surface area contributed by atoms with Crippen molar-refractivity contribution in [1.29, 1.82) is 5.26 Å². The van der Waals surface area contributed by atoms with E-state index in [-0.39, 0.29) is 5.91 Å². The Morgan fingerprint density at radius 2 is 2.05 bits per heavy atom. The molecule has 0 bridgehead atoms. The zero-order valence-electron chi connectivity index (χ0n) is 11.5. The average Bonchev–Trinajstić information content (AvgIpc) is 2.40.